The monoisotopic (exact) mass is 292 g/mol. The lowest BCUT2D eigenvalue weighted by molar-refractivity contribution is -0.135. The van der Waals surface area contributed by atoms with Gasteiger partial charge < -0.3 is 20.1 Å². The molecule has 1 saturated heterocycles. The number of hydrogen-bond acceptors (Lipinski definition) is 5. The molecule has 1 aliphatic heterocycles. The summed E-state index contributed by atoms with van der Waals surface area (Å²) in [6, 6.07) is 8.72. The summed E-state index contributed by atoms with van der Waals surface area (Å²) in [7, 11) is 0. The Hall–Kier alpha value is -2.57. The minimum Gasteiger partial charge on any atom is -0.445 e. The Morgan fingerprint density at radius 2 is 2.05 bits per heavy atom. The van der Waals surface area contributed by atoms with E-state index in [2.05, 4.69) is 15.4 Å². The number of nitrogens with one attached hydrogen (secondary N) is 2. The first-order valence-electron chi connectivity index (χ1n) is 6.62. The Balaban J connectivity index is 1.57. The average molecular weight is 292 g/mol. The highest BCUT2D eigenvalue weighted by molar-refractivity contribution is 5.95. The molecule has 1 heterocycles. The molecule has 1 fully saturated rings. The molecular weight excluding hydrogens is 276 g/mol. The van der Waals surface area contributed by atoms with Crippen LogP contribution in [0.3, 0.4) is 0 Å². The van der Waals surface area contributed by atoms with Crippen LogP contribution in [0.1, 0.15) is 18.4 Å². The van der Waals surface area contributed by atoms with E-state index in [1.165, 1.54) is 0 Å². The number of carbonyl (C=O) groups is 3. The number of carbonyl (C=O) groups excluding carboxylic acids is 3. The number of ether oxygens (including phenoxy) is 2. The van der Waals surface area contributed by atoms with Gasteiger partial charge in [-0.25, -0.2) is 14.4 Å². The molecule has 1 aromatic rings. The van der Waals surface area contributed by atoms with E-state index in [-0.39, 0.29) is 6.61 Å². The lowest BCUT2D eigenvalue weighted by Gasteiger charge is -2.08. The Kier molecular flexibility index (Phi) is 5.14. The van der Waals surface area contributed by atoms with Gasteiger partial charge in [0.05, 0.1) is 0 Å². The third-order valence-electron chi connectivity index (χ3n) is 2.92. The summed E-state index contributed by atoms with van der Waals surface area (Å²) in [5.74, 6) is -0.577. The Labute approximate surface area is 121 Å². The summed E-state index contributed by atoms with van der Waals surface area (Å²) < 4.78 is 9.37. The number of cyclic esters (lactones) is 2. The van der Waals surface area contributed by atoms with Gasteiger partial charge in [0, 0.05) is 6.54 Å². The molecule has 2 rings (SSSR count). The molecule has 1 atom stereocenters. The summed E-state index contributed by atoms with van der Waals surface area (Å²) >= 11 is 0. The standard InChI is InChI=1S/C14H16N2O5/c17-12-11(16-14(19)21-12)7-4-8-15-13(18)20-9-10-5-2-1-3-6-10/h1-3,5-6,11H,4,7-9H2,(H,15,18)(H,16,19)/t11-/m1/s1. The maximum atomic E-state index is 11.4. The second-order valence-corrected chi connectivity index (χ2v) is 4.54. The molecule has 0 radical (unpaired) electrons. The highest BCUT2D eigenvalue weighted by Crippen LogP contribution is 2.06. The number of amides is 2. The van der Waals surface area contributed by atoms with Gasteiger partial charge in [0.2, 0.25) is 0 Å². The lowest BCUT2D eigenvalue weighted by Crippen LogP contribution is -2.31. The molecule has 0 aromatic heterocycles. The predicted octanol–water partition coefficient (Wildman–Crippen LogP) is 1.33. The van der Waals surface area contributed by atoms with Crippen molar-refractivity contribution >= 4 is 18.2 Å². The fourth-order valence-electron chi connectivity index (χ4n) is 1.85. The van der Waals surface area contributed by atoms with Crippen LogP contribution < -0.4 is 10.6 Å². The van der Waals surface area contributed by atoms with Crippen LogP contribution in [0.2, 0.25) is 0 Å². The lowest BCUT2D eigenvalue weighted by atomic mass is 10.2. The van der Waals surface area contributed by atoms with Crippen LogP contribution in [0.15, 0.2) is 30.3 Å². The number of alkyl carbamates (subject to hydrolysis) is 2. The minimum atomic E-state index is -0.722. The molecule has 0 bridgehead atoms. The van der Waals surface area contributed by atoms with Crippen molar-refractivity contribution in [1.82, 2.24) is 10.6 Å². The van der Waals surface area contributed by atoms with Crippen LogP contribution in [-0.4, -0.2) is 30.7 Å². The molecule has 1 aliphatic rings. The molecule has 7 nitrogen and oxygen atoms in total. The van der Waals surface area contributed by atoms with Crippen LogP contribution >= 0.6 is 0 Å². The number of benzene rings is 1. The van der Waals surface area contributed by atoms with E-state index in [1.807, 2.05) is 30.3 Å². The topological polar surface area (TPSA) is 93.7 Å². The average Bonchev–Trinajstić information content (AvgIpc) is 2.80. The summed E-state index contributed by atoms with van der Waals surface area (Å²) in [6.07, 6.45) is -0.304. The van der Waals surface area contributed by atoms with E-state index in [0.717, 1.165) is 5.56 Å². The fraction of sp³-hybridized carbons (Fsp3) is 0.357. The zero-order chi connectivity index (χ0) is 15.1. The number of hydrogen-bond donors (Lipinski definition) is 2. The zero-order valence-electron chi connectivity index (χ0n) is 11.3. The van der Waals surface area contributed by atoms with Gasteiger partial charge in [-0.15, -0.1) is 0 Å². The van der Waals surface area contributed by atoms with Gasteiger partial charge in [-0.2, -0.15) is 0 Å². The van der Waals surface area contributed by atoms with Crippen molar-refractivity contribution in [2.45, 2.75) is 25.5 Å². The van der Waals surface area contributed by atoms with Gasteiger partial charge in [0.15, 0.2) is 0 Å². The van der Waals surface area contributed by atoms with Crippen molar-refractivity contribution in [3.8, 4) is 0 Å². The molecule has 2 N–H and O–H groups in total. The first-order chi connectivity index (χ1) is 10.1. The zero-order valence-corrected chi connectivity index (χ0v) is 11.3. The Morgan fingerprint density at radius 1 is 1.29 bits per heavy atom. The van der Waals surface area contributed by atoms with Crippen LogP contribution in [0.5, 0.6) is 0 Å². The summed E-state index contributed by atoms with van der Waals surface area (Å²) in [4.78, 5) is 33.4. The van der Waals surface area contributed by atoms with Crippen LogP contribution in [0.4, 0.5) is 9.59 Å². The Bertz CT molecular complexity index is 517. The van der Waals surface area contributed by atoms with Crippen LogP contribution in [-0.2, 0) is 20.9 Å². The van der Waals surface area contributed by atoms with E-state index >= 15 is 0 Å². The smallest absolute Gasteiger partial charge is 0.415 e. The molecule has 2 amide bonds. The largest absolute Gasteiger partial charge is 0.445 e. The van der Waals surface area contributed by atoms with E-state index in [4.69, 9.17) is 4.74 Å². The minimum absolute atomic E-state index is 0.206. The van der Waals surface area contributed by atoms with Crippen molar-refractivity contribution in [2.24, 2.45) is 0 Å². The molecule has 7 heteroatoms. The van der Waals surface area contributed by atoms with Crippen molar-refractivity contribution in [3.05, 3.63) is 35.9 Å². The molecular formula is C14H16N2O5. The predicted molar refractivity (Wildman–Crippen MR) is 72.3 cm³/mol. The van der Waals surface area contributed by atoms with Crippen molar-refractivity contribution in [2.75, 3.05) is 6.54 Å². The molecule has 21 heavy (non-hydrogen) atoms. The highest BCUT2D eigenvalue weighted by Gasteiger charge is 2.31. The van der Waals surface area contributed by atoms with E-state index in [1.54, 1.807) is 0 Å². The molecule has 0 spiro atoms. The van der Waals surface area contributed by atoms with Gasteiger partial charge >= 0.3 is 18.2 Å². The highest BCUT2D eigenvalue weighted by atomic mass is 16.6. The van der Waals surface area contributed by atoms with Gasteiger partial charge in [-0.3, -0.25) is 0 Å². The molecule has 0 unspecified atom stereocenters. The quantitative estimate of drug-likeness (QED) is 0.468. The van der Waals surface area contributed by atoms with Crippen molar-refractivity contribution in [1.29, 1.82) is 0 Å². The van der Waals surface area contributed by atoms with Gasteiger partial charge in [0.25, 0.3) is 0 Å². The molecule has 1 aromatic carbocycles. The third-order valence-corrected chi connectivity index (χ3v) is 2.92. The van der Waals surface area contributed by atoms with Gasteiger partial charge in [-0.1, -0.05) is 30.3 Å². The summed E-state index contributed by atoms with van der Waals surface area (Å²) in [5, 5.41) is 4.96. The second-order valence-electron chi connectivity index (χ2n) is 4.54. The number of rotatable bonds is 6. The second kappa shape index (κ2) is 7.28. The Morgan fingerprint density at radius 3 is 2.71 bits per heavy atom. The van der Waals surface area contributed by atoms with E-state index in [0.29, 0.717) is 19.4 Å². The van der Waals surface area contributed by atoms with Crippen LogP contribution in [0, 0.1) is 0 Å². The molecule has 112 valence electrons. The first-order valence-corrected chi connectivity index (χ1v) is 6.62. The van der Waals surface area contributed by atoms with Gasteiger partial charge in [-0.05, 0) is 18.4 Å². The van der Waals surface area contributed by atoms with Crippen molar-refractivity contribution in [3.63, 3.8) is 0 Å². The third kappa shape index (κ3) is 4.79. The normalized spacial score (nSPS) is 17.0. The van der Waals surface area contributed by atoms with Crippen LogP contribution in [0.25, 0.3) is 0 Å². The van der Waals surface area contributed by atoms with E-state index in [9.17, 15) is 14.4 Å². The number of esters is 1. The van der Waals surface area contributed by atoms with Gasteiger partial charge in [0.1, 0.15) is 12.6 Å². The van der Waals surface area contributed by atoms with Crippen molar-refractivity contribution < 1.29 is 23.9 Å². The summed E-state index contributed by atoms with van der Waals surface area (Å²) in [6.45, 7) is 0.560. The maximum Gasteiger partial charge on any atom is 0.415 e. The first kappa shape index (κ1) is 14.8. The summed E-state index contributed by atoms with van der Waals surface area (Å²) in [5.41, 5.74) is 0.907. The molecule has 0 saturated carbocycles. The van der Waals surface area contributed by atoms with E-state index < -0.39 is 24.2 Å². The molecule has 0 aliphatic carbocycles. The maximum absolute atomic E-state index is 11.4. The SMILES string of the molecule is O=C(NCCC[C@H]1NC(=O)OC1=O)OCc1ccccc1. The fourth-order valence-corrected chi connectivity index (χ4v) is 1.85.